The van der Waals surface area contributed by atoms with E-state index in [4.69, 9.17) is 10.6 Å². The average Bonchev–Trinajstić information content (AvgIpc) is 2.44. The summed E-state index contributed by atoms with van der Waals surface area (Å²) in [7, 11) is 0. The van der Waals surface area contributed by atoms with Gasteiger partial charge in [0.1, 0.15) is 5.82 Å². The number of benzene rings is 1. The summed E-state index contributed by atoms with van der Waals surface area (Å²) in [6.07, 6.45) is 0. The minimum absolute atomic E-state index is 0.103. The van der Waals surface area contributed by atoms with Crippen molar-refractivity contribution in [1.82, 2.24) is 15.0 Å². The number of hydrogen-bond donors (Lipinski definition) is 3. The number of hydrazine groups is 1. The summed E-state index contributed by atoms with van der Waals surface area (Å²) in [6, 6.07) is 5.09. The average molecular weight is 278 g/mol. The van der Waals surface area contributed by atoms with Gasteiger partial charge in [-0.3, -0.25) is 5.43 Å². The van der Waals surface area contributed by atoms with Gasteiger partial charge in [0.15, 0.2) is 0 Å². The first kappa shape index (κ1) is 13.9. The lowest BCUT2D eigenvalue weighted by Crippen LogP contribution is -2.13. The largest absolute Gasteiger partial charge is 0.464 e. The second-order valence-corrected chi connectivity index (χ2v) is 3.90. The highest BCUT2D eigenvalue weighted by Gasteiger charge is 2.10. The summed E-state index contributed by atoms with van der Waals surface area (Å²) >= 11 is 0. The third kappa shape index (κ3) is 3.09. The lowest BCUT2D eigenvalue weighted by Gasteiger charge is -2.10. The van der Waals surface area contributed by atoms with E-state index in [1.807, 2.05) is 0 Å². The van der Waals surface area contributed by atoms with E-state index >= 15 is 0 Å². The van der Waals surface area contributed by atoms with Crippen LogP contribution in [0.15, 0.2) is 18.2 Å². The molecule has 0 fully saturated rings. The van der Waals surface area contributed by atoms with E-state index < -0.39 is 0 Å². The van der Waals surface area contributed by atoms with Crippen molar-refractivity contribution in [3.63, 3.8) is 0 Å². The van der Waals surface area contributed by atoms with Crippen molar-refractivity contribution in [3.05, 3.63) is 29.6 Å². The van der Waals surface area contributed by atoms with Crippen molar-refractivity contribution in [2.45, 2.75) is 13.8 Å². The van der Waals surface area contributed by atoms with Crippen LogP contribution in [0.5, 0.6) is 6.01 Å². The zero-order valence-electron chi connectivity index (χ0n) is 11.1. The summed E-state index contributed by atoms with van der Waals surface area (Å²) < 4.78 is 19.1. The predicted octanol–water partition coefficient (Wildman–Crippen LogP) is 1.75. The van der Waals surface area contributed by atoms with Crippen LogP contribution in [-0.2, 0) is 0 Å². The van der Waals surface area contributed by atoms with Crippen LogP contribution in [0.1, 0.15) is 12.5 Å². The maximum absolute atomic E-state index is 13.9. The van der Waals surface area contributed by atoms with E-state index in [9.17, 15) is 4.39 Å². The first-order valence-corrected chi connectivity index (χ1v) is 6.01. The molecule has 106 valence electrons. The molecule has 2 rings (SSSR count). The number of ether oxygens (including phenoxy) is 1. The van der Waals surface area contributed by atoms with Gasteiger partial charge in [0.2, 0.25) is 11.9 Å². The Labute approximate surface area is 115 Å². The molecule has 0 atom stereocenters. The predicted molar refractivity (Wildman–Crippen MR) is 73.2 cm³/mol. The first-order chi connectivity index (χ1) is 9.63. The zero-order chi connectivity index (χ0) is 14.5. The number of nitrogens with two attached hydrogens (primary N) is 1. The second-order valence-electron chi connectivity index (χ2n) is 3.90. The van der Waals surface area contributed by atoms with Crippen LogP contribution in [0.2, 0.25) is 0 Å². The molecular formula is C12H15FN6O. The van der Waals surface area contributed by atoms with Crippen molar-refractivity contribution in [1.29, 1.82) is 0 Å². The van der Waals surface area contributed by atoms with E-state index in [2.05, 4.69) is 25.7 Å². The summed E-state index contributed by atoms with van der Waals surface area (Å²) in [5, 5.41) is 2.77. The molecule has 0 saturated carbocycles. The summed E-state index contributed by atoms with van der Waals surface area (Å²) in [6.45, 7) is 3.87. The first-order valence-electron chi connectivity index (χ1n) is 6.01. The Morgan fingerprint density at radius 1 is 1.25 bits per heavy atom. The van der Waals surface area contributed by atoms with Crippen molar-refractivity contribution >= 4 is 17.6 Å². The van der Waals surface area contributed by atoms with Gasteiger partial charge in [-0.2, -0.15) is 15.0 Å². The fourth-order valence-electron chi connectivity index (χ4n) is 1.54. The number of nitrogens with one attached hydrogen (secondary N) is 2. The Balaban J connectivity index is 2.32. The summed E-state index contributed by atoms with van der Waals surface area (Å²) in [5.74, 6) is 5.17. The zero-order valence-corrected chi connectivity index (χ0v) is 11.1. The molecule has 0 aliphatic carbocycles. The van der Waals surface area contributed by atoms with Gasteiger partial charge in [0, 0.05) is 0 Å². The molecule has 1 aromatic heterocycles. The molecule has 0 bridgehead atoms. The van der Waals surface area contributed by atoms with Crippen LogP contribution >= 0.6 is 0 Å². The number of aryl methyl sites for hydroxylation is 1. The molecule has 0 aliphatic rings. The van der Waals surface area contributed by atoms with Gasteiger partial charge in [-0.25, -0.2) is 10.2 Å². The molecular weight excluding hydrogens is 263 g/mol. The third-order valence-electron chi connectivity index (χ3n) is 2.46. The van der Waals surface area contributed by atoms with Crippen molar-refractivity contribution in [2.75, 3.05) is 17.3 Å². The normalized spacial score (nSPS) is 10.2. The smallest absolute Gasteiger partial charge is 0.323 e. The number of aromatic nitrogens is 3. The second kappa shape index (κ2) is 6.11. The Kier molecular flexibility index (Phi) is 4.26. The Morgan fingerprint density at radius 2 is 2.00 bits per heavy atom. The van der Waals surface area contributed by atoms with Crippen molar-refractivity contribution < 1.29 is 9.13 Å². The van der Waals surface area contributed by atoms with Crippen LogP contribution < -0.4 is 21.3 Å². The molecule has 1 aromatic carbocycles. The minimum Gasteiger partial charge on any atom is -0.464 e. The molecule has 0 unspecified atom stereocenters. The molecule has 8 heteroatoms. The highest BCUT2D eigenvalue weighted by molar-refractivity contribution is 5.56. The van der Waals surface area contributed by atoms with Gasteiger partial charge in [-0.05, 0) is 25.5 Å². The van der Waals surface area contributed by atoms with Crippen molar-refractivity contribution in [2.24, 2.45) is 5.84 Å². The van der Waals surface area contributed by atoms with Crippen LogP contribution in [0.3, 0.4) is 0 Å². The van der Waals surface area contributed by atoms with Crippen LogP contribution in [0, 0.1) is 12.7 Å². The quantitative estimate of drug-likeness (QED) is 0.566. The minimum atomic E-state index is -0.367. The molecule has 4 N–H and O–H groups in total. The topological polar surface area (TPSA) is 98.0 Å². The maximum atomic E-state index is 13.9. The van der Waals surface area contributed by atoms with E-state index in [0.29, 0.717) is 12.2 Å². The lowest BCUT2D eigenvalue weighted by molar-refractivity contribution is 0.312. The number of nitrogens with zero attached hydrogens (tertiary/aromatic N) is 3. The van der Waals surface area contributed by atoms with E-state index in [0.717, 1.165) is 0 Å². The Bertz CT molecular complexity index is 606. The molecule has 7 nitrogen and oxygen atoms in total. The number of halogens is 1. The van der Waals surface area contributed by atoms with Crippen LogP contribution in [0.25, 0.3) is 0 Å². The van der Waals surface area contributed by atoms with Crippen molar-refractivity contribution in [3.8, 4) is 6.01 Å². The van der Waals surface area contributed by atoms with E-state index in [-0.39, 0.29) is 29.4 Å². The van der Waals surface area contributed by atoms with Gasteiger partial charge < -0.3 is 10.1 Å². The molecule has 20 heavy (non-hydrogen) atoms. The number of nitrogen functional groups attached to an aromatic ring is 1. The lowest BCUT2D eigenvalue weighted by atomic mass is 10.2. The number of rotatable bonds is 5. The summed E-state index contributed by atoms with van der Waals surface area (Å²) in [5.41, 5.74) is 3.09. The molecule has 0 aliphatic heterocycles. The van der Waals surface area contributed by atoms with Gasteiger partial charge in [-0.15, -0.1) is 0 Å². The monoisotopic (exact) mass is 278 g/mol. The summed E-state index contributed by atoms with van der Waals surface area (Å²) in [4.78, 5) is 11.9. The van der Waals surface area contributed by atoms with E-state index in [1.165, 1.54) is 0 Å². The standard InChI is InChI=1S/C12H15FN6O/c1-3-20-12-17-10(16-11(18-12)19-14)15-8-6-4-5-7(2)9(8)13/h4-6H,3,14H2,1-2H3,(H2,15,16,17,18,19). The number of hydrogen-bond acceptors (Lipinski definition) is 7. The highest BCUT2D eigenvalue weighted by atomic mass is 19.1. The Morgan fingerprint density at radius 3 is 2.70 bits per heavy atom. The fourth-order valence-corrected chi connectivity index (χ4v) is 1.54. The van der Waals surface area contributed by atoms with Gasteiger partial charge in [0.25, 0.3) is 0 Å². The SMILES string of the molecule is CCOc1nc(NN)nc(Nc2cccc(C)c2F)n1. The Hall–Kier alpha value is -2.48. The third-order valence-corrected chi connectivity index (χ3v) is 2.46. The molecule has 1 heterocycles. The van der Waals surface area contributed by atoms with Gasteiger partial charge in [-0.1, -0.05) is 12.1 Å². The molecule has 0 radical (unpaired) electrons. The van der Waals surface area contributed by atoms with Gasteiger partial charge in [0.05, 0.1) is 12.3 Å². The molecule has 0 amide bonds. The molecule has 0 spiro atoms. The van der Waals surface area contributed by atoms with Gasteiger partial charge >= 0.3 is 6.01 Å². The van der Waals surface area contributed by atoms with E-state index in [1.54, 1.807) is 32.0 Å². The maximum Gasteiger partial charge on any atom is 0.323 e. The molecule has 0 saturated heterocycles. The fraction of sp³-hybridized carbons (Fsp3) is 0.250. The number of anilines is 3. The molecule has 2 aromatic rings. The van der Waals surface area contributed by atoms with Crippen LogP contribution in [0.4, 0.5) is 22.0 Å². The highest BCUT2D eigenvalue weighted by Crippen LogP contribution is 2.21. The van der Waals surface area contributed by atoms with Crippen LogP contribution in [-0.4, -0.2) is 21.6 Å².